The van der Waals surface area contributed by atoms with Crippen molar-refractivity contribution in [2.45, 2.75) is 321 Å². The van der Waals surface area contributed by atoms with Crippen molar-refractivity contribution < 1.29 is 24.5 Å². The molecule has 0 aromatic heterocycles. The SMILES string of the molecule is CCCCCCCCCCCCCCCCCCCC/C=C/C(O)C(CO)NC(=O)CCCCCCCCC/C=C\CCCCCCOC(=O)CCCCCCCCCCCCCC. The lowest BCUT2D eigenvalue weighted by Crippen LogP contribution is -2.45. The van der Waals surface area contributed by atoms with Crippen LogP contribution in [0.5, 0.6) is 0 Å². The Morgan fingerprint density at radius 1 is 0.422 bits per heavy atom. The minimum atomic E-state index is -0.854. The van der Waals surface area contributed by atoms with Gasteiger partial charge in [-0.3, -0.25) is 9.59 Å². The molecule has 0 heterocycles. The van der Waals surface area contributed by atoms with Gasteiger partial charge in [0.05, 0.1) is 25.4 Å². The lowest BCUT2D eigenvalue weighted by molar-refractivity contribution is -0.143. The highest BCUT2D eigenvalue weighted by Gasteiger charge is 2.18. The zero-order chi connectivity index (χ0) is 46.5. The average molecular weight is 903 g/mol. The van der Waals surface area contributed by atoms with Gasteiger partial charge in [-0.2, -0.15) is 0 Å². The number of allylic oxidation sites excluding steroid dienone is 3. The number of hydrogen-bond acceptors (Lipinski definition) is 5. The summed E-state index contributed by atoms with van der Waals surface area (Å²) >= 11 is 0. The van der Waals surface area contributed by atoms with Crippen LogP contribution < -0.4 is 5.32 Å². The van der Waals surface area contributed by atoms with Gasteiger partial charge in [0.1, 0.15) is 0 Å². The molecule has 3 N–H and O–H groups in total. The lowest BCUT2D eigenvalue weighted by Gasteiger charge is -2.20. The van der Waals surface area contributed by atoms with Crippen LogP contribution >= 0.6 is 0 Å². The first-order chi connectivity index (χ1) is 31.5. The average Bonchev–Trinajstić information content (AvgIpc) is 3.29. The first-order valence-electron chi connectivity index (χ1n) is 28.6. The second kappa shape index (κ2) is 54.0. The molecule has 0 aliphatic rings. The molecule has 0 bridgehead atoms. The summed E-state index contributed by atoms with van der Waals surface area (Å²) < 4.78 is 5.45. The highest BCUT2D eigenvalue weighted by molar-refractivity contribution is 5.76. The second-order valence-electron chi connectivity index (χ2n) is 19.6. The van der Waals surface area contributed by atoms with Gasteiger partial charge >= 0.3 is 5.97 Å². The molecule has 0 spiro atoms. The number of amides is 1. The van der Waals surface area contributed by atoms with Crippen LogP contribution in [0.2, 0.25) is 0 Å². The number of aliphatic hydroxyl groups is 2. The monoisotopic (exact) mass is 902 g/mol. The van der Waals surface area contributed by atoms with Crippen LogP contribution in [-0.2, 0) is 14.3 Å². The van der Waals surface area contributed by atoms with Crippen molar-refractivity contribution in [3.8, 4) is 0 Å². The number of ether oxygens (including phenoxy) is 1. The van der Waals surface area contributed by atoms with Crippen molar-refractivity contribution in [1.29, 1.82) is 0 Å². The minimum absolute atomic E-state index is 0.0103. The van der Waals surface area contributed by atoms with E-state index in [-0.39, 0.29) is 18.5 Å². The third-order valence-electron chi connectivity index (χ3n) is 13.2. The van der Waals surface area contributed by atoms with Gasteiger partial charge in [0, 0.05) is 12.8 Å². The predicted octanol–water partition coefficient (Wildman–Crippen LogP) is 17.5. The highest BCUT2D eigenvalue weighted by atomic mass is 16.5. The standard InChI is InChI=1S/C58H111NO5/c1-3-5-7-9-11-13-15-17-18-19-20-21-22-24-27-30-34-38-42-46-50-56(61)55(54-60)59-57(62)51-47-43-39-35-31-28-25-23-26-29-33-37-41-45-49-53-64-58(63)52-48-44-40-36-32-16-14-12-10-8-6-4-2/h26,29,46,50,55-56,60-61H,3-25,27-28,30-45,47-49,51-54H2,1-2H3,(H,59,62)/b29-26-,50-46+. The van der Waals surface area contributed by atoms with E-state index in [1.807, 2.05) is 6.08 Å². The van der Waals surface area contributed by atoms with Gasteiger partial charge in [0.15, 0.2) is 0 Å². The maximum absolute atomic E-state index is 12.5. The van der Waals surface area contributed by atoms with E-state index in [4.69, 9.17) is 4.74 Å². The Morgan fingerprint density at radius 3 is 1.11 bits per heavy atom. The zero-order valence-corrected chi connectivity index (χ0v) is 43.0. The normalized spacial score (nSPS) is 12.8. The fourth-order valence-electron chi connectivity index (χ4n) is 8.81. The van der Waals surface area contributed by atoms with Crippen molar-refractivity contribution in [2.24, 2.45) is 0 Å². The molecule has 378 valence electrons. The number of esters is 1. The maximum atomic E-state index is 12.5. The van der Waals surface area contributed by atoms with E-state index in [0.717, 1.165) is 70.6 Å². The highest BCUT2D eigenvalue weighted by Crippen LogP contribution is 2.17. The molecule has 0 aromatic rings. The van der Waals surface area contributed by atoms with Gasteiger partial charge in [-0.15, -0.1) is 0 Å². The van der Waals surface area contributed by atoms with Gasteiger partial charge in [0.25, 0.3) is 0 Å². The Kier molecular flexibility index (Phi) is 52.6. The second-order valence-corrected chi connectivity index (χ2v) is 19.6. The molecule has 6 nitrogen and oxygen atoms in total. The van der Waals surface area contributed by atoms with Crippen LogP contribution in [0.1, 0.15) is 309 Å². The van der Waals surface area contributed by atoms with Crippen LogP contribution in [-0.4, -0.2) is 47.4 Å². The van der Waals surface area contributed by atoms with Gasteiger partial charge in [0.2, 0.25) is 5.91 Å². The first-order valence-corrected chi connectivity index (χ1v) is 28.6. The summed E-state index contributed by atoms with van der Waals surface area (Å²) in [5, 5.41) is 23.1. The quantitative estimate of drug-likeness (QED) is 0.0321. The van der Waals surface area contributed by atoms with Crippen LogP contribution in [0.15, 0.2) is 24.3 Å². The summed E-state index contributed by atoms with van der Waals surface area (Å²) in [6.07, 6.45) is 64.8. The molecule has 0 aliphatic carbocycles. The summed E-state index contributed by atoms with van der Waals surface area (Å²) in [5.74, 6) is -0.0911. The fraction of sp³-hybridized carbons (Fsp3) is 0.897. The largest absolute Gasteiger partial charge is 0.466 e. The van der Waals surface area contributed by atoms with Crippen molar-refractivity contribution in [3.63, 3.8) is 0 Å². The number of carbonyl (C=O) groups is 2. The van der Waals surface area contributed by atoms with Crippen molar-refractivity contribution >= 4 is 11.9 Å². The Bertz CT molecular complexity index is 997. The third kappa shape index (κ3) is 49.8. The maximum Gasteiger partial charge on any atom is 0.305 e. The summed E-state index contributed by atoms with van der Waals surface area (Å²) in [4.78, 5) is 24.5. The van der Waals surface area contributed by atoms with Crippen molar-refractivity contribution in [2.75, 3.05) is 13.2 Å². The van der Waals surface area contributed by atoms with Crippen molar-refractivity contribution in [1.82, 2.24) is 5.32 Å². The van der Waals surface area contributed by atoms with E-state index in [2.05, 4.69) is 31.3 Å². The van der Waals surface area contributed by atoms with E-state index < -0.39 is 12.1 Å². The van der Waals surface area contributed by atoms with E-state index in [1.54, 1.807) is 6.08 Å². The molecular formula is C58H111NO5. The number of unbranched alkanes of at least 4 members (excludes halogenated alkanes) is 40. The first kappa shape index (κ1) is 62.3. The number of carbonyl (C=O) groups excluding carboxylic acids is 2. The van der Waals surface area contributed by atoms with Gasteiger partial charge in [-0.25, -0.2) is 0 Å². The van der Waals surface area contributed by atoms with Gasteiger partial charge in [-0.05, 0) is 57.8 Å². The summed E-state index contributed by atoms with van der Waals surface area (Å²) in [7, 11) is 0. The number of hydrogen-bond donors (Lipinski definition) is 3. The summed E-state index contributed by atoms with van der Waals surface area (Å²) in [5.41, 5.74) is 0. The molecule has 1 amide bonds. The van der Waals surface area contributed by atoms with Crippen LogP contribution in [0.25, 0.3) is 0 Å². The van der Waals surface area contributed by atoms with Gasteiger partial charge < -0.3 is 20.3 Å². The van der Waals surface area contributed by atoms with E-state index >= 15 is 0 Å². The minimum Gasteiger partial charge on any atom is -0.466 e. The molecular weight excluding hydrogens is 791 g/mol. The fourth-order valence-corrected chi connectivity index (χ4v) is 8.81. The predicted molar refractivity (Wildman–Crippen MR) is 278 cm³/mol. The van der Waals surface area contributed by atoms with Crippen LogP contribution in [0.3, 0.4) is 0 Å². The molecule has 0 saturated carbocycles. The molecule has 0 saturated heterocycles. The molecule has 0 fully saturated rings. The van der Waals surface area contributed by atoms with Gasteiger partial charge in [-0.1, -0.05) is 263 Å². The zero-order valence-electron chi connectivity index (χ0n) is 43.0. The molecule has 2 unspecified atom stereocenters. The Balaban J connectivity index is 3.51. The number of nitrogens with one attached hydrogen (secondary N) is 1. The summed E-state index contributed by atoms with van der Waals surface area (Å²) in [6.45, 7) is 4.88. The van der Waals surface area contributed by atoms with E-state index in [0.29, 0.717) is 19.4 Å². The number of aliphatic hydroxyl groups excluding tert-OH is 2. The van der Waals surface area contributed by atoms with Crippen molar-refractivity contribution in [3.05, 3.63) is 24.3 Å². The Labute approximate surface area is 399 Å². The Morgan fingerprint density at radius 2 is 0.734 bits per heavy atom. The van der Waals surface area contributed by atoms with Crippen LogP contribution in [0.4, 0.5) is 0 Å². The van der Waals surface area contributed by atoms with E-state index in [9.17, 15) is 19.8 Å². The molecule has 0 rings (SSSR count). The molecule has 0 aliphatic heterocycles. The Hall–Kier alpha value is -1.66. The number of rotatable bonds is 53. The molecule has 6 heteroatoms. The molecule has 0 aromatic carbocycles. The molecule has 2 atom stereocenters. The van der Waals surface area contributed by atoms with E-state index in [1.165, 1.54) is 212 Å². The summed E-state index contributed by atoms with van der Waals surface area (Å²) in [6, 6.07) is -0.639. The smallest absolute Gasteiger partial charge is 0.305 e. The third-order valence-corrected chi connectivity index (χ3v) is 13.2. The van der Waals surface area contributed by atoms with Crippen LogP contribution in [0, 0.1) is 0 Å². The lowest BCUT2D eigenvalue weighted by atomic mass is 10.0. The molecule has 0 radical (unpaired) electrons. The molecule has 64 heavy (non-hydrogen) atoms. The topological polar surface area (TPSA) is 95.9 Å².